The Bertz CT molecular complexity index is 1040. The van der Waals surface area contributed by atoms with Crippen LogP contribution in [-0.4, -0.2) is 58.6 Å². The molecule has 1 saturated heterocycles. The molecule has 0 spiro atoms. The Labute approximate surface area is 157 Å². The van der Waals surface area contributed by atoms with Crippen molar-refractivity contribution in [1.82, 2.24) is 14.7 Å². The van der Waals surface area contributed by atoms with Crippen LogP contribution in [0, 0.1) is 5.92 Å². The van der Waals surface area contributed by atoms with E-state index in [4.69, 9.17) is 0 Å². The molecule has 2 aliphatic heterocycles. The van der Waals surface area contributed by atoms with Gasteiger partial charge in [-0.3, -0.25) is 9.48 Å². The molecule has 3 aliphatic rings. The van der Waals surface area contributed by atoms with E-state index in [0.717, 1.165) is 16.7 Å². The number of hydrogen-bond acceptors (Lipinski definition) is 5. The minimum absolute atomic E-state index is 0.0186. The summed E-state index contributed by atoms with van der Waals surface area (Å²) in [6, 6.07) is 5.46. The molecular weight excluding hydrogens is 366 g/mol. The fourth-order valence-electron chi connectivity index (χ4n) is 4.62. The van der Waals surface area contributed by atoms with Crippen molar-refractivity contribution >= 4 is 15.7 Å². The lowest BCUT2D eigenvalue weighted by molar-refractivity contribution is -0.141. The van der Waals surface area contributed by atoms with Crippen LogP contribution in [0.4, 0.5) is 0 Å². The molecule has 7 nitrogen and oxygen atoms in total. The van der Waals surface area contributed by atoms with E-state index in [-0.39, 0.29) is 24.3 Å². The zero-order valence-electron chi connectivity index (χ0n) is 14.9. The molecule has 0 bridgehead atoms. The number of hydrogen-bond donors (Lipinski definition) is 1. The average Bonchev–Trinajstić information content (AvgIpc) is 3.28. The first-order valence-electron chi connectivity index (χ1n) is 9.18. The van der Waals surface area contributed by atoms with Gasteiger partial charge in [0, 0.05) is 43.7 Å². The number of benzene rings is 1. The zero-order valence-corrected chi connectivity index (χ0v) is 15.8. The number of likely N-dealkylation sites (tertiary alicyclic amines) is 1. The van der Waals surface area contributed by atoms with Crippen molar-refractivity contribution in [2.45, 2.75) is 35.0 Å². The molecule has 2 atom stereocenters. The van der Waals surface area contributed by atoms with Crippen molar-refractivity contribution < 1.29 is 18.3 Å². The molecule has 5 rings (SSSR count). The third kappa shape index (κ3) is 2.46. The van der Waals surface area contributed by atoms with Crippen molar-refractivity contribution in [2.24, 2.45) is 13.0 Å². The van der Waals surface area contributed by atoms with E-state index in [1.54, 1.807) is 21.8 Å². The molecule has 1 amide bonds. The maximum absolute atomic E-state index is 13.0. The third-order valence-corrected chi connectivity index (χ3v) is 8.45. The molecule has 0 unspecified atom stereocenters. The number of carbonyl (C=O) groups excluding carboxylic acids is 1. The molecule has 1 aliphatic carbocycles. The number of carbonyl (C=O) groups is 1. The van der Waals surface area contributed by atoms with Crippen LogP contribution >= 0.6 is 0 Å². The minimum atomic E-state index is -3.43. The summed E-state index contributed by atoms with van der Waals surface area (Å²) in [6.45, 7) is 0.675. The number of aromatic nitrogens is 2. The smallest absolute Gasteiger partial charge is 0.225 e. The second-order valence-electron chi connectivity index (χ2n) is 7.91. The topological polar surface area (TPSA) is 92.5 Å². The first-order valence-corrected chi connectivity index (χ1v) is 10.7. The van der Waals surface area contributed by atoms with Crippen LogP contribution in [0.25, 0.3) is 11.1 Å². The van der Waals surface area contributed by atoms with Crippen molar-refractivity contribution in [1.29, 1.82) is 0 Å². The average molecular weight is 387 g/mol. The molecule has 2 aromatic rings. The van der Waals surface area contributed by atoms with Gasteiger partial charge in [0.1, 0.15) is 0 Å². The van der Waals surface area contributed by atoms with Crippen LogP contribution in [0.5, 0.6) is 0 Å². The van der Waals surface area contributed by atoms with Crippen LogP contribution in [-0.2, 0) is 21.7 Å². The summed E-state index contributed by atoms with van der Waals surface area (Å²) >= 11 is 0. The molecule has 3 heterocycles. The van der Waals surface area contributed by atoms with Gasteiger partial charge in [-0.15, -0.1) is 0 Å². The lowest BCUT2D eigenvalue weighted by Crippen LogP contribution is -2.43. The van der Waals surface area contributed by atoms with E-state index in [1.165, 1.54) is 0 Å². The summed E-state index contributed by atoms with van der Waals surface area (Å²) in [5.74, 6) is -0.367. The van der Waals surface area contributed by atoms with Gasteiger partial charge < -0.3 is 10.0 Å². The van der Waals surface area contributed by atoms with Gasteiger partial charge in [-0.1, -0.05) is 6.07 Å². The Morgan fingerprint density at radius 3 is 2.67 bits per heavy atom. The molecule has 142 valence electrons. The van der Waals surface area contributed by atoms with Gasteiger partial charge in [-0.2, -0.15) is 5.10 Å². The van der Waals surface area contributed by atoms with E-state index in [0.29, 0.717) is 24.3 Å². The Morgan fingerprint density at radius 1 is 1.22 bits per heavy atom. The van der Waals surface area contributed by atoms with Crippen molar-refractivity contribution in [2.75, 3.05) is 13.1 Å². The second-order valence-corrected chi connectivity index (χ2v) is 10.0. The van der Waals surface area contributed by atoms with Gasteiger partial charge in [0.15, 0.2) is 9.84 Å². The van der Waals surface area contributed by atoms with Crippen molar-refractivity contribution in [3.05, 3.63) is 36.2 Å². The molecule has 1 saturated carbocycles. The molecule has 1 N–H and O–H groups in total. The van der Waals surface area contributed by atoms with Crippen LogP contribution in [0.3, 0.4) is 0 Å². The monoisotopic (exact) mass is 387 g/mol. The van der Waals surface area contributed by atoms with Gasteiger partial charge in [0.2, 0.25) is 5.91 Å². The van der Waals surface area contributed by atoms with E-state index in [2.05, 4.69) is 5.10 Å². The third-order valence-electron chi connectivity index (χ3n) is 6.19. The van der Waals surface area contributed by atoms with E-state index in [1.807, 2.05) is 25.4 Å². The van der Waals surface area contributed by atoms with Gasteiger partial charge in [-0.05, 0) is 36.1 Å². The Balaban J connectivity index is 1.48. The normalized spacial score (nSPS) is 30.7. The Hall–Kier alpha value is -2.19. The van der Waals surface area contributed by atoms with Crippen molar-refractivity contribution in [3.8, 4) is 11.1 Å². The number of fused-ring (bicyclic) bond motifs is 3. The van der Waals surface area contributed by atoms with Gasteiger partial charge in [-0.25, -0.2) is 8.42 Å². The summed E-state index contributed by atoms with van der Waals surface area (Å²) in [4.78, 5) is 14.7. The number of amides is 1. The fourth-order valence-corrected chi connectivity index (χ4v) is 6.79. The van der Waals surface area contributed by atoms with E-state index < -0.39 is 21.2 Å². The molecule has 27 heavy (non-hydrogen) atoms. The molecular formula is C19H21N3O4S. The number of aliphatic hydroxyl groups excluding tert-OH is 1. The Morgan fingerprint density at radius 2 is 2.00 bits per heavy atom. The summed E-state index contributed by atoms with van der Waals surface area (Å²) < 4.78 is 27.7. The second kappa shape index (κ2) is 5.65. The predicted octanol–water partition coefficient (Wildman–Crippen LogP) is 0.940. The summed E-state index contributed by atoms with van der Waals surface area (Å²) in [7, 11) is -1.59. The zero-order chi connectivity index (χ0) is 18.9. The largest absolute Gasteiger partial charge is 0.393 e. The number of aryl methyl sites for hydroxylation is 1. The van der Waals surface area contributed by atoms with Crippen LogP contribution in [0.1, 0.15) is 24.3 Å². The highest BCUT2D eigenvalue weighted by atomic mass is 32.2. The fraction of sp³-hybridized carbons (Fsp3) is 0.474. The molecule has 8 heteroatoms. The number of rotatable bonds is 2. The lowest BCUT2D eigenvalue weighted by atomic mass is 9.81. The summed E-state index contributed by atoms with van der Waals surface area (Å²) in [5, 5.41) is 13.1. The first kappa shape index (κ1) is 16.9. The predicted molar refractivity (Wildman–Crippen MR) is 97.7 cm³/mol. The Kier molecular flexibility index (Phi) is 3.55. The van der Waals surface area contributed by atoms with E-state index in [9.17, 15) is 18.3 Å². The van der Waals surface area contributed by atoms with Crippen molar-refractivity contribution in [3.63, 3.8) is 0 Å². The highest BCUT2D eigenvalue weighted by Crippen LogP contribution is 2.46. The minimum Gasteiger partial charge on any atom is -0.393 e. The summed E-state index contributed by atoms with van der Waals surface area (Å²) in [5.41, 5.74) is 2.69. The summed E-state index contributed by atoms with van der Waals surface area (Å²) in [6.07, 6.45) is 4.23. The number of nitrogens with zero attached hydrogens (tertiary/aromatic N) is 3. The lowest BCUT2D eigenvalue weighted by Gasteiger charge is -2.33. The number of aliphatic hydroxyl groups is 1. The highest BCUT2D eigenvalue weighted by Gasteiger charge is 2.52. The quantitative estimate of drug-likeness (QED) is 0.828. The van der Waals surface area contributed by atoms with Gasteiger partial charge in [0.05, 0.1) is 22.4 Å². The van der Waals surface area contributed by atoms with Crippen LogP contribution in [0.2, 0.25) is 0 Å². The van der Waals surface area contributed by atoms with Crippen LogP contribution < -0.4 is 0 Å². The first-order chi connectivity index (χ1) is 12.8. The standard InChI is InChI=1S/C19H21N3O4S/c1-21-8-13(7-20-21)11-2-3-17-15(6-11)16-9-22(10-18(16)27(17,25)26)19(24)12-4-14(23)5-12/h2-3,6-8,12,14,16,18,23H,4-5,9-10H2,1H3/t12?,14?,16-,18-/m0/s1. The molecule has 1 aromatic carbocycles. The molecule has 0 radical (unpaired) electrons. The van der Waals surface area contributed by atoms with Gasteiger partial charge >= 0.3 is 0 Å². The highest BCUT2D eigenvalue weighted by molar-refractivity contribution is 7.92. The maximum Gasteiger partial charge on any atom is 0.225 e. The molecule has 1 aromatic heterocycles. The SMILES string of the molecule is Cn1cc(-c2ccc3c(c2)[C@@H]2CN(C(=O)C4CC(O)C4)C[C@@H]2S3(=O)=O)cn1. The van der Waals surface area contributed by atoms with Gasteiger partial charge in [0.25, 0.3) is 0 Å². The van der Waals surface area contributed by atoms with E-state index >= 15 is 0 Å². The van der Waals surface area contributed by atoms with Crippen LogP contribution in [0.15, 0.2) is 35.5 Å². The maximum atomic E-state index is 13.0. The molecule has 2 fully saturated rings. The number of sulfone groups is 1.